The van der Waals surface area contributed by atoms with Gasteiger partial charge < -0.3 is 10.2 Å². The third kappa shape index (κ3) is 3.43. The van der Waals surface area contributed by atoms with Gasteiger partial charge in [-0.25, -0.2) is 0 Å². The van der Waals surface area contributed by atoms with E-state index in [1.807, 2.05) is 6.07 Å². The standard InChI is InChI=1S/C18H16F3N5O2/c1-9-12(7-22)15(25-24-9)23-16(27)14-13(8-26(2)17(14)28)10-3-5-11(6-4-10)18(19,20)21/h3-6,13-14H,8H2,1-2H3,(H2,23,24,25,27)/t13-,14+/m0/s1. The van der Waals surface area contributed by atoms with Crippen LogP contribution in [-0.4, -0.2) is 40.5 Å². The lowest BCUT2D eigenvalue weighted by Gasteiger charge is -2.17. The maximum Gasteiger partial charge on any atom is 0.416 e. The number of likely N-dealkylation sites (tertiary alicyclic amines) is 1. The minimum absolute atomic E-state index is 0.0125. The Morgan fingerprint density at radius 1 is 1.36 bits per heavy atom. The molecular formula is C18H16F3N5O2. The highest BCUT2D eigenvalue weighted by Gasteiger charge is 2.44. The maximum atomic E-state index is 12.8. The highest BCUT2D eigenvalue weighted by Crippen LogP contribution is 2.36. The van der Waals surface area contributed by atoms with Crippen molar-refractivity contribution in [1.82, 2.24) is 15.1 Å². The molecule has 28 heavy (non-hydrogen) atoms. The number of aromatic amines is 1. The van der Waals surface area contributed by atoms with Crippen LogP contribution in [0.3, 0.4) is 0 Å². The van der Waals surface area contributed by atoms with Gasteiger partial charge in [0.2, 0.25) is 11.8 Å². The topological polar surface area (TPSA) is 102 Å². The van der Waals surface area contributed by atoms with Crippen LogP contribution in [0.15, 0.2) is 24.3 Å². The summed E-state index contributed by atoms with van der Waals surface area (Å²) in [5, 5.41) is 18.1. The van der Waals surface area contributed by atoms with E-state index in [-0.39, 0.29) is 17.9 Å². The Bertz CT molecular complexity index is 959. The van der Waals surface area contributed by atoms with E-state index in [4.69, 9.17) is 5.26 Å². The van der Waals surface area contributed by atoms with Crippen molar-refractivity contribution in [2.24, 2.45) is 5.92 Å². The van der Waals surface area contributed by atoms with Crippen molar-refractivity contribution in [3.8, 4) is 6.07 Å². The minimum atomic E-state index is -4.47. The lowest BCUT2D eigenvalue weighted by Crippen LogP contribution is -2.33. The molecule has 3 rings (SSSR count). The number of halogens is 3. The molecule has 0 bridgehead atoms. The molecule has 10 heteroatoms. The number of alkyl halides is 3. The average molecular weight is 391 g/mol. The molecule has 2 heterocycles. The zero-order valence-electron chi connectivity index (χ0n) is 15.0. The zero-order chi connectivity index (χ0) is 20.6. The van der Waals surface area contributed by atoms with Crippen molar-refractivity contribution in [2.75, 3.05) is 18.9 Å². The van der Waals surface area contributed by atoms with Crippen LogP contribution in [-0.2, 0) is 15.8 Å². The molecule has 1 fully saturated rings. The van der Waals surface area contributed by atoms with Crippen molar-refractivity contribution in [2.45, 2.75) is 19.0 Å². The van der Waals surface area contributed by atoms with E-state index in [9.17, 15) is 22.8 Å². The number of carbonyl (C=O) groups excluding carboxylic acids is 2. The number of rotatable bonds is 3. The number of likely N-dealkylation sites (N-methyl/N-ethyl adjacent to an activating group) is 1. The van der Waals surface area contributed by atoms with Crippen LogP contribution in [0.4, 0.5) is 19.0 Å². The largest absolute Gasteiger partial charge is 0.416 e. The zero-order valence-corrected chi connectivity index (χ0v) is 15.0. The first-order chi connectivity index (χ1) is 13.1. The second kappa shape index (κ2) is 6.99. The van der Waals surface area contributed by atoms with E-state index in [1.54, 1.807) is 6.92 Å². The van der Waals surface area contributed by atoms with E-state index in [0.29, 0.717) is 11.3 Å². The Morgan fingerprint density at radius 2 is 2.00 bits per heavy atom. The number of carbonyl (C=O) groups is 2. The monoisotopic (exact) mass is 391 g/mol. The maximum absolute atomic E-state index is 12.8. The Labute approximate surface area is 158 Å². The Hall–Kier alpha value is -3.35. The van der Waals surface area contributed by atoms with E-state index in [0.717, 1.165) is 12.1 Å². The third-order valence-electron chi connectivity index (χ3n) is 4.76. The fraction of sp³-hybridized carbons (Fsp3) is 0.333. The third-order valence-corrected chi connectivity index (χ3v) is 4.76. The second-order valence-corrected chi connectivity index (χ2v) is 6.60. The molecule has 7 nitrogen and oxygen atoms in total. The summed E-state index contributed by atoms with van der Waals surface area (Å²) in [6.07, 6.45) is -4.47. The quantitative estimate of drug-likeness (QED) is 0.785. The van der Waals surface area contributed by atoms with Gasteiger partial charge in [-0.3, -0.25) is 14.7 Å². The average Bonchev–Trinajstić information content (AvgIpc) is 3.13. The van der Waals surface area contributed by atoms with Crippen molar-refractivity contribution < 1.29 is 22.8 Å². The van der Waals surface area contributed by atoms with Gasteiger partial charge in [0, 0.05) is 19.5 Å². The minimum Gasteiger partial charge on any atom is -0.344 e. The van der Waals surface area contributed by atoms with Gasteiger partial charge in [0.05, 0.1) is 11.3 Å². The van der Waals surface area contributed by atoms with Crippen molar-refractivity contribution in [3.05, 3.63) is 46.6 Å². The summed E-state index contributed by atoms with van der Waals surface area (Å²) in [7, 11) is 1.52. The van der Waals surface area contributed by atoms with Crippen LogP contribution in [0, 0.1) is 24.2 Å². The molecule has 0 spiro atoms. The predicted molar refractivity (Wildman–Crippen MR) is 92.0 cm³/mol. The molecular weight excluding hydrogens is 375 g/mol. The van der Waals surface area contributed by atoms with Gasteiger partial charge in [-0.1, -0.05) is 12.1 Å². The fourth-order valence-corrected chi connectivity index (χ4v) is 3.26. The number of H-pyrrole nitrogens is 1. The van der Waals surface area contributed by atoms with Gasteiger partial charge in [0.1, 0.15) is 17.6 Å². The van der Waals surface area contributed by atoms with Gasteiger partial charge >= 0.3 is 6.18 Å². The highest BCUT2D eigenvalue weighted by atomic mass is 19.4. The molecule has 2 amide bonds. The first kappa shape index (κ1) is 19.4. The number of anilines is 1. The van der Waals surface area contributed by atoms with Gasteiger partial charge in [-0.05, 0) is 24.6 Å². The van der Waals surface area contributed by atoms with Crippen LogP contribution in [0.1, 0.15) is 28.3 Å². The molecule has 2 aromatic rings. The van der Waals surface area contributed by atoms with E-state index in [2.05, 4.69) is 15.5 Å². The van der Waals surface area contributed by atoms with E-state index < -0.39 is 35.4 Å². The van der Waals surface area contributed by atoms with Gasteiger partial charge in [-0.2, -0.15) is 23.5 Å². The lowest BCUT2D eigenvalue weighted by atomic mass is 9.87. The second-order valence-electron chi connectivity index (χ2n) is 6.60. The Balaban J connectivity index is 1.88. The number of nitrogens with zero attached hydrogens (tertiary/aromatic N) is 3. The van der Waals surface area contributed by atoms with Crippen LogP contribution in [0.5, 0.6) is 0 Å². The molecule has 1 aromatic heterocycles. The summed E-state index contributed by atoms with van der Waals surface area (Å²) < 4.78 is 38.3. The first-order valence-corrected chi connectivity index (χ1v) is 8.31. The Morgan fingerprint density at radius 3 is 2.57 bits per heavy atom. The van der Waals surface area contributed by atoms with Crippen molar-refractivity contribution in [3.63, 3.8) is 0 Å². The summed E-state index contributed by atoms with van der Waals surface area (Å²) in [4.78, 5) is 26.6. The van der Waals surface area contributed by atoms with Gasteiger partial charge in [-0.15, -0.1) is 0 Å². The molecule has 1 saturated heterocycles. The smallest absolute Gasteiger partial charge is 0.344 e. The number of aryl methyl sites for hydroxylation is 1. The number of amides is 2. The van der Waals surface area contributed by atoms with Crippen molar-refractivity contribution >= 4 is 17.6 Å². The van der Waals surface area contributed by atoms with Gasteiger partial charge in [0.15, 0.2) is 5.82 Å². The summed E-state index contributed by atoms with van der Waals surface area (Å²) in [6.45, 7) is 1.80. The predicted octanol–water partition coefficient (Wildman–Crippen LogP) is 2.42. The molecule has 1 aliphatic heterocycles. The summed E-state index contributed by atoms with van der Waals surface area (Å²) in [6, 6.07) is 6.32. The number of aromatic nitrogens is 2. The van der Waals surface area contributed by atoms with E-state index in [1.165, 1.54) is 24.1 Å². The summed E-state index contributed by atoms with van der Waals surface area (Å²) in [5.74, 6) is -2.86. The number of hydrogen-bond acceptors (Lipinski definition) is 4. The molecule has 0 aliphatic carbocycles. The van der Waals surface area contributed by atoms with Crippen LogP contribution >= 0.6 is 0 Å². The van der Waals surface area contributed by atoms with Crippen molar-refractivity contribution in [1.29, 1.82) is 5.26 Å². The molecule has 1 aliphatic rings. The van der Waals surface area contributed by atoms with Crippen LogP contribution in [0.25, 0.3) is 0 Å². The van der Waals surface area contributed by atoms with Crippen LogP contribution < -0.4 is 5.32 Å². The normalized spacial score (nSPS) is 19.6. The lowest BCUT2D eigenvalue weighted by molar-refractivity contribution is -0.138. The number of benzene rings is 1. The molecule has 2 atom stereocenters. The Kier molecular flexibility index (Phi) is 4.85. The molecule has 0 unspecified atom stereocenters. The number of hydrogen-bond donors (Lipinski definition) is 2. The van der Waals surface area contributed by atoms with Crippen LogP contribution in [0.2, 0.25) is 0 Å². The highest BCUT2D eigenvalue weighted by molar-refractivity contribution is 6.08. The molecule has 0 radical (unpaired) electrons. The molecule has 146 valence electrons. The number of nitrogens with one attached hydrogen (secondary N) is 2. The van der Waals surface area contributed by atoms with E-state index >= 15 is 0 Å². The fourth-order valence-electron chi connectivity index (χ4n) is 3.26. The SMILES string of the molecule is Cc1[nH]nc(NC(=O)[C@@H]2C(=O)N(C)C[C@H]2c2ccc(C(F)(F)F)cc2)c1C#N. The van der Waals surface area contributed by atoms with Gasteiger partial charge in [0.25, 0.3) is 0 Å². The molecule has 0 saturated carbocycles. The molecule has 2 N–H and O–H groups in total. The molecule has 1 aromatic carbocycles. The first-order valence-electron chi connectivity index (χ1n) is 8.31. The summed E-state index contributed by atoms with van der Waals surface area (Å²) >= 11 is 0. The number of nitriles is 1. The summed E-state index contributed by atoms with van der Waals surface area (Å²) in [5.41, 5.74) is 0.260.